The maximum absolute atomic E-state index is 15.0. The van der Waals surface area contributed by atoms with E-state index in [4.69, 9.17) is 24.5 Å². The van der Waals surface area contributed by atoms with Gasteiger partial charge in [-0.25, -0.2) is 24.1 Å². The van der Waals surface area contributed by atoms with Crippen LogP contribution in [0.3, 0.4) is 0 Å². The first-order valence-corrected chi connectivity index (χ1v) is 12.8. The molecule has 1 N–H and O–H groups in total. The Hall–Kier alpha value is -4.82. The number of amides is 1. The second-order valence-electron chi connectivity index (χ2n) is 8.99. The first-order chi connectivity index (χ1) is 18.9. The van der Waals surface area contributed by atoms with Gasteiger partial charge in [0, 0.05) is 29.3 Å². The van der Waals surface area contributed by atoms with Crippen molar-refractivity contribution in [2.45, 2.75) is 19.4 Å². The number of halogens is 1. The zero-order chi connectivity index (χ0) is 27.1. The zero-order valence-corrected chi connectivity index (χ0v) is 21.6. The number of ether oxygens (including phenoxy) is 3. The molecular weight excluding hydrogens is 521 g/mol. The number of rotatable bonds is 5. The monoisotopic (exact) mass is 541 g/mol. The van der Waals surface area contributed by atoms with Crippen LogP contribution in [0.2, 0.25) is 0 Å². The molecule has 0 saturated carbocycles. The Balaban J connectivity index is 1.24. The standard InChI is InChI=1S/C28H20FN5O4S/c1-14-6-18(24-21(7-14)33-23(36-2)12-31-24)27-34-22-10-20(29)25-19(26(22)39-27)9-17(38-25)13-37-28(35)32-16-5-3-4-15(8-16)11-30/h3-8,10,12,17H,9,13H2,1-2H3,(H,32,35). The van der Waals surface area contributed by atoms with Crippen LogP contribution < -0.4 is 14.8 Å². The number of anilines is 1. The normalized spacial score (nSPS) is 14.1. The molecule has 1 aliphatic heterocycles. The number of carbonyl (C=O) groups excluding carboxylic acids is 1. The van der Waals surface area contributed by atoms with Crippen molar-refractivity contribution in [1.29, 1.82) is 5.26 Å². The molecule has 0 saturated heterocycles. The van der Waals surface area contributed by atoms with Crippen molar-refractivity contribution in [3.63, 3.8) is 0 Å². The van der Waals surface area contributed by atoms with Gasteiger partial charge in [0.05, 0.1) is 46.2 Å². The van der Waals surface area contributed by atoms with Gasteiger partial charge in [-0.15, -0.1) is 11.3 Å². The number of nitrogens with one attached hydrogen (secondary N) is 1. The number of carbonyl (C=O) groups is 1. The van der Waals surface area contributed by atoms with Crippen LogP contribution in [0, 0.1) is 24.1 Å². The van der Waals surface area contributed by atoms with Gasteiger partial charge in [0.25, 0.3) is 0 Å². The molecule has 1 atom stereocenters. The third-order valence-electron chi connectivity index (χ3n) is 6.25. The van der Waals surface area contributed by atoms with Crippen LogP contribution >= 0.6 is 11.3 Å². The quantitative estimate of drug-likeness (QED) is 0.297. The van der Waals surface area contributed by atoms with E-state index in [9.17, 15) is 4.79 Å². The fourth-order valence-electron chi connectivity index (χ4n) is 4.53. The Morgan fingerprint density at radius 2 is 2.13 bits per heavy atom. The highest BCUT2D eigenvalue weighted by atomic mass is 32.1. The maximum atomic E-state index is 15.0. The topological polar surface area (TPSA) is 119 Å². The molecule has 6 rings (SSSR count). The Morgan fingerprint density at radius 3 is 2.95 bits per heavy atom. The lowest BCUT2D eigenvalue weighted by molar-refractivity contribution is 0.100. The van der Waals surface area contributed by atoms with Gasteiger partial charge in [0.1, 0.15) is 17.7 Å². The molecule has 11 heteroatoms. The number of nitrogens with zero attached hydrogens (tertiary/aromatic N) is 4. The van der Waals surface area contributed by atoms with E-state index in [1.807, 2.05) is 25.1 Å². The van der Waals surface area contributed by atoms with Crippen LogP contribution in [0.25, 0.3) is 31.8 Å². The summed E-state index contributed by atoms with van der Waals surface area (Å²) in [7, 11) is 1.54. The minimum absolute atomic E-state index is 0.0784. The summed E-state index contributed by atoms with van der Waals surface area (Å²) in [6.45, 7) is 1.88. The Bertz CT molecular complexity index is 1820. The molecule has 1 unspecified atom stereocenters. The molecule has 3 aromatic carbocycles. The van der Waals surface area contributed by atoms with Gasteiger partial charge in [0.2, 0.25) is 5.88 Å². The summed E-state index contributed by atoms with van der Waals surface area (Å²) < 4.78 is 32.2. The summed E-state index contributed by atoms with van der Waals surface area (Å²) >= 11 is 1.43. The van der Waals surface area contributed by atoms with Gasteiger partial charge < -0.3 is 14.2 Å². The molecule has 9 nitrogen and oxygen atoms in total. The summed E-state index contributed by atoms with van der Waals surface area (Å²) in [5, 5.41) is 12.3. The number of nitriles is 1. The average Bonchev–Trinajstić information content (AvgIpc) is 3.56. The number of thiazole rings is 1. The molecule has 3 heterocycles. The van der Waals surface area contributed by atoms with Crippen LogP contribution in [-0.2, 0) is 11.2 Å². The molecule has 1 aliphatic rings. The van der Waals surface area contributed by atoms with Gasteiger partial charge in [-0.1, -0.05) is 6.07 Å². The van der Waals surface area contributed by atoms with Crippen molar-refractivity contribution >= 4 is 44.4 Å². The lowest BCUT2D eigenvalue weighted by Gasteiger charge is -2.12. The van der Waals surface area contributed by atoms with Gasteiger partial charge in [-0.05, 0) is 42.8 Å². The van der Waals surface area contributed by atoms with Gasteiger partial charge in [0.15, 0.2) is 11.6 Å². The second kappa shape index (κ2) is 9.81. The smallest absolute Gasteiger partial charge is 0.411 e. The first-order valence-electron chi connectivity index (χ1n) is 12.0. The number of aryl methyl sites for hydroxylation is 1. The van der Waals surface area contributed by atoms with Crippen molar-refractivity contribution in [3.8, 4) is 28.3 Å². The summed E-state index contributed by atoms with van der Waals surface area (Å²) in [4.78, 5) is 26.0. The van der Waals surface area contributed by atoms with Crippen molar-refractivity contribution in [2.75, 3.05) is 19.0 Å². The third-order valence-corrected chi connectivity index (χ3v) is 7.41. The molecule has 1 amide bonds. The predicted molar refractivity (Wildman–Crippen MR) is 144 cm³/mol. The number of fused-ring (bicyclic) bond motifs is 4. The predicted octanol–water partition coefficient (Wildman–Crippen LogP) is 5.79. The molecule has 0 aliphatic carbocycles. The van der Waals surface area contributed by atoms with E-state index in [2.05, 4.69) is 15.3 Å². The van der Waals surface area contributed by atoms with E-state index in [0.717, 1.165) is 15.8 Å². The Morgan fingerprint density at radius 1 is 1.26 bits per heavy atom. The molecular formula is C28H20FN5O4S. The number of hydrogen-bond donors (Lipinski definition) is 1. The molecule has 0 radical (unpaired) electrons. The second-order valence-corrected chi connectivity index (χ2v) is 9.99. The van der Waals surface area contributed by atoms with Crippen molar-refractivity contribution in [3.05, 3.63) is 71.2 Å². The SMILES string of the molecule is COc1cnc2c(-c3nc4cc(F)c5c(c4s3)CC(COC(=O)Nc3cccc(C#N)c3)O5)cc(C)cc2n1. The number of hydrogen-bond acceptors (Lipinski definition) is 9. The minimum atomic E-state index is -0.695. The molecule has 194 valence electrons. The minimum Gasteiger partial charge on any atom is -0.483 e. The number of methoxy groups -OCH3 is 1. The van der Waals surface area contributed by atoms with E-state index in [0.29, 0.717) is 50.7 Å². The lowest BCUT2D eigenvalue weighted by atomic mass is 10.1. The largest absolute Gasteiger partial charge is 0.483 e. The molecule has 0 bridgehead atoms. The fourth-order valence-corrected chi connectivity index (χ4v) is 5.65. The van der Waals surface area contributed by atoms with E-state index in [-0.39, 0.29) is 12.4 Å². The third kappa shape index (κ3) is 4.66. The van der Waals surface area contributed by atoms with Crippen LogP contribution in [0.5, 0.6) is 11.6 Å². The average molecular weight is 542 g/mol. The summed E-state index contributed by atoms with van der Waals surface area (Å²) in [6.07, 6.45) is 0.661. The molecule has 0 spiro atoms. The molecule has 0 fully saturated rings. The van der Waals surface area contributed by atoms with Gasteiger partial charge in [-0.2, -0.15) is 5.26 Å². The van der Waals surface area contributed by atoms with Gasteiger partial charge >= 0.3 is 6.09 Å². The van der Waals surface area contributed by atoms with Crippen LogP contribution in [0.4, 0.5) is 14.9 Å². The Kier molecular flexibility index (Phi) is 6.17. The number of benzene rings is 3. The highest BCUT2D eigenvalue weighted by Crippen LogP contribution is 2.43. The number of aromatic nitrogens is 3. The van der Waals surface area contributed by atoms with Crippen molar-refractivity contribution in [2.24, 2.45) is 0 Å². The summed E-state index contributed by atoms with van der Waals surface area (Å²) in [5.41, 5.74) is 5.18. The Labute approximate surface area is 225 Å². The van der Waals surface area contributed by atoms with E-state index in [1.54, 1.807) is 24.4 Å². The van der Waals surface area contributed by atoms with Crippen LogP contribution in [-0.4, -0.2) is 40.9 Å². The van der Waals surface area contributed by atoms with Crippen LogP contribution in [0.15, 0.2) is 48.7 Å². The lowest BCUT2D eigenvalue weighted by Crippen LogP contribution is -2.25. The molecule has 39 heavy (non-hydrogen) atoms. The van der Waals surface area contributed by atoms with E-state index < -0.39 is 18.0 Å². The van der Waals surface area contributed by atoms with E-state index >= 15 is 4.39 Å². The molecule has 2 aromatic heterocycles. The fraction of sp³-hybridized carbons (Fsp3) is 0.179. The first kappa shape index (κ1) is 24.5. The summed E-state index contributed by atoms with van der Waals surface area (Å²) in [5.74, 6) is 0.0401. The summed E-state index contributed by atoms with van der Waals surface area (Å²) in [6, 6.07) is 13.8. The van der Waals surface area contributed by atoms with E-state index in [1.165, 1.54) is 30.6 Å². The highest BCUT2D eigenvalue weighted by molar-refractivity contribution is 7.22. The highest BCUT2D eigenvalue weighted by Gasteiger charge is 2.31. The maximum Gasteiger partial charge on any atom is 0.411 e. The zero-order valence-electron chi connectivity index (χ0n) is 20.8. The van der Waals surface area contributed by atoms with Crippen molar-refractivity contribution < 1.29 is 23.4 Å². The van der Waals surface area contributed by atoms with Crippen molar-refractivity contribution in [1.82, 2.24) is 15.0 Å². The molecule has 5 aromatic rings. The van der Waals surface area contributed by atoms with Gasteiger partial charge in [-0.3, -0.25) is 5.32 Å². The van der Waals surface area contributed by atoms with Crippen LogP contribution in [0.1, 0.15) is 16.7 Å².